The molecule has 0 bridgehead atoms. The van der Waals surface area contributed by atoms with Crippen molar-refractivity contribution in [1.82, 2.24) is 0 Å². The molecule has 2 unspecified atom stereocenters. The van der Waals surface area contributed by atoms with Gasteiger partial charge in [-0.1, -0.05) is 13.3 Å². The fourth-order valence-corrected chi connectivity index (χ4v) is 1.82. The van der Waals surface area contributed by atoms with E-state index >= 15 is 0 Å². The average molecular weight is 168 g/mol. The summed E-state index contributed by atoms with van der Waals surface area (Å²) in [6.45, 7) is 3.45. The zero-order valence-electron chi connectivity index (χ0n) is 7.80. The summed E-state index contributed by atoms with van der Waals surface area (Å²) in [5.41, 5.74) is 0. The molecule has 0 amide bonds. The highest BCUT2D eigenvalue weighted by atomic mass is 16.1. The Bertz CT molecular complexity index is 196. The Hall–Kier alpha value is -0.660. The van der Waals surface area contributed by atoms with Crippen LogP contribution < -0.4 is 0 Å². The molecular weight excluding hydrogens is 152 g/mol. The summed E-state index contributed by atoms with van der Waals surface area (Å²) in [5, 5.41) is 0. The van der Waals surface area contributed by atoms with Gasteiger partial charge >= 0.3 is 0 Å². The van der Waals surface area contributed by atoms with E-state index in [1.54, 1.807) is 6.92 Å². The minimum absolute atomic E-state index is 0.0243. The fourth-order valence-electron chi connectivity index (χ4n) is 1.82. The summed E-state index contributed by atoms with van der Waals surface area (Å²) in [4.78, 5) is 22.4. The van der Waals surface area contributed by atoms with Gasteiger partial charge in [-0.3, -0.25) is 9.59 Å². The van der Waals surface area contributed by atoms with Crippen LogP contribution in [0.25, 0.3) is 0 Å². The molecule has 1 aliphatic rings. The molecule has 2 heteroatoms. The van der Waals surface area contributed by atoms with Crippen LogP contribution >= 0.6 is 0 Å². The molecule has 0 aliphatic heterocycles. The molecule has 0 heterocycles. The van der Waals surface area contributed by atoms with Crippen molar-refractivity contribution in [3.63, 3.8) is 0 Å². The summed E-state index contributed by atoms with van der Waals surface area (Å²) in [7, 11) is 0. The number of carbonyl (C=O) groups is 2. The summed E-state index contributed by atoms with van der Waals surface area (Å²) >= 11 is 0. The minimum atomic E-state index is -0.0576. The second-order valence-electron chi connectivity index (χ2n) is 3.72. The van der Waals surface area contributed by atoms with E-state index in [2.05, 4.69) is 0 Å². The van der Waals surface area contributed by atoms with Crippen molar-refractivity contribution in [2.75, 3.05) is 0 Å². The second kappa shape index (κ2) is 3.83. The molecule has 0 spiro atoms. The summed E-state index contributed by atoms with van der Waals surface area (Å²) in [6, 6.07) is 0. The zero-order valence-corrected chi connectivity index (χ0v) is 7.80. The first-order valence-electron chi connectivity index (χ1n) is 4.66. The van der Waals surface area contributed by atoms with Crippen LogP contribution in [0.15, 0.2) is 0 Å². The van der Waals surface area contributed by atoms with Crippen molar-refractivity contribution in [1.29, 1.82) is 0 Å². The van der Waals surface area contributed by atoms with Gasteiger partial charge in [-0.25, -0.2) is 0 Å². The summed E-state index contributed by atoms with van der Waals surface area (Å²) in [6.07, 6.45) is 3.72. The Balaban J connectivity index is 2.59. The van der Waals surface area contributed by atoms with Gasteiger partial charge in [-0.2, -0.15) is 0 Å². The summed E-state index contributed by atoms with van der Waals surface area (Å²) < 4.78 is 0. The van der Waals surface area contributed by atoms with Crippen molar-refractivity contribution in [2.45, 2.75) is 39.5 Å². The molecule has 0 saturated heterocycles. The molecule has 1 fully saturated rings. The van der Waals surface area contributed by atoms with E-state index in [0.717, 1.165) is 19.3 Å². The molecule has 0 aromatic carbocycles. The predicted octanol–water partition coefficient (Wildman–Crippen LogP) is 1.97. The number of ketones is 2. The highest BCUT2D eigenvalue weighted by Crippen LogP contribution is 2.27. The van der Waals surface area contributed by atoms with Crippen molar-refractivity contribution in [3.8, 4) is 0 Å². The maximum absolute atomic E-state index is 11.4. The molecule has 1 rings (SSSR count). The van der Waals surface area contributed by atoms with Crippen LogP contribution in [0.1, 0.15) is 39.5 Å². The van der Waals surface area contributed by atoms with E-state index in [1.807, 2.05) is 6.92 Å². The number of Topliss-reactive ketones (excluding diaryl/α,β-unsaturated/α-hetero) is 2. The lowest BCUT2D eigenvalue weighted by Crippen LogP contribution is -2.29. The molecule has 0 aromatic rings. The maximum Gasteiger partial charge on any atom is 0.136 e. The SMILES string of the molecule is CC(=O)C(C)C1CCCCC1=O. The zero-order chi connectivity index (χ0) is 9.14. The smallest absolute Gasteiger partial charge is 0.136 e. The third-order valence-electron chi connectivity index (χ3n) is 2.85. The van der Waals surface area contributed by atoms with Gasteiger partial charge in [0, 0.05) is 18.3 Å². The summed E-state index contributed by atoms with van der Waals surface area (Å²) in [5.74, 6) is 0.410. The van der Waals surface area contributed by atoms with Gasteiger partial charge in [-0.15, -0.1) is 0 Å². The molecule has 68 valence electrons. The van der Waals surface area contributed by atoms with E-state index in [1.165, 1.54) is 0 Å². The van der Waals surface area contributed by atoms with Crippen LogP contribution in [-0.2, 0) is 9.59 Å². The molecule has 0 radical (unpaired) electrons. The molecule has 1 aliphatic carbocycles. The van der Waals surface area contributed by atoms with Crippen LogP contribution in [0.5, 0.6) is 0 Å². The van der Waals surface area contributed by atoms with Crippen LogP contribution in [0.3, 0.4) is 0 Å². The fraction of sp³-hybridized carbons (Fsp3) is 0.800. The Morgan fingerprint density at radius 2 is 2.17 bits per heavy atom. The highest BCUT2D eigenvalue weighted by molar-refractivity contribution is 5.88. The first kappa shape index (κ1) is 9.43. The Kier molecular flexibility index (Phi) is 3.01. The number of hydrogen-bond donors (Lipinski definition) is 0. The first-order chi connectivity index (χ1) is 5.63. The van der Waals surface area contributed by atoms with Crippen LogP contribution in [0.4, 0.5) is 0 Å². The van der Waals surface area contributed by atoms with Crippen molar-refractivity contribution in [3.05, 3.63) is 0 Å². The standard InChI is InChI=1S/C10H16O2/c1-7(8(2)11)9-5-3-4-6-10(9)12/h7,9H,3-6H2,1-2H3. The maximum atomic E-state index is 11.4. The Morgan fingerprint density at radius 3 is 2.67 bits per heavy atom. The first-order valence-corrected chi connectivity index (χ1v) is 4.66. The molecule has 12 heavy (non-hydrogen) atoms. The van der Waals surface area contributed by atoms with Crippen LogP contribution in [0, 0.1) is 11.8 Å². The Morgan fingerprint density at radius 1 is 1.50 bits per heavy atom. The van der Waals surface area contributed by atoms with Crippen molar-refractivity contribution >= 4 is 11.6 Å². The molecule has 0 aromatic heterocycles. The van der Waals surface area contributed by atoms with Crippen LogP contribution in [0.2, 0.25) is 0 Å². The van der Waals surface area contributed by atoms with E-state index in [0.29, 0.717) is 12.2 Å². The largest absolute Gasteiger partial charge is 0.300 e. The van der Waals surface area contributed by atoms with Crippen molar-refractivity contribution < 1.29 is 9.59 Å². The molecule has 2 nitrogen and oxygen atoms in total. The van der Waals surface area contributed by atoms with Gasteiger partial charge in [0.1, 0.15) is 11.6 Å². The van der Waals surface area contributed by atoms with Crippen LogP contribution in [-0.4, -0.2) is 11.6 Å². The van der Waals surface area contributed by atoms with E-state index < -0.39 is 0 Å². The van der Waals surface area contributed by atoms with E-state index in [4.69, 9.17) is 0 Å². The molecule has 0 N–H and O–H groups in total. The monoisotopic (exact) mass is 168 g/mol. The van der Waals surface area contributed by atoms with Gasteiger partial charge in [0.15, 0.2) is 0 Å². The van der Waals surface area contributed by atoms with E-state index in [9.17, 15) is 9.59 Å². The molecular formula is C10H16O2. The second-order valence-corrected chi connectivity index (χ2v) is 3.72. The molecule has 2 atom stereocenters. The predicted molar refractivity (Wildman–Crippen MR) is 46.8 cm³/mol. The normalized spacial score (nSPS) is 26.8. The lowest BCUT2D eigenvalue weighted by molar-refractivity contribution is -0.132. The van der Waals surface area contributed by atoms with Crippen molar-refractivity contribution in [2.24, 2.45) is 11.8 Å². The molecule has 1 saturated carbocycles. The van der Waals surface area contributed by atoms with Gasteiger partial charge in [0.25, 0.3) is 0 Å². The number of rotatable bonds is 2. The lowest BCUT2D eigenvalue weighted by Gasteiger charge is -2.24. The number of carbonyl (C=O) groups excluding carboxylic acids is 2. The lowest BCUT2D eigenvalue weighted by atomic mass is 9.78. The highest BCUT2D eigenvalue weighted by Gasteiger charge is 2.29. The van der Waals surface area contributed by atoms with Gasteiger partial charge in [0.2, 0.25) is 0 Å². The number of hydrogen-bond acceptors (Lipinski definition) is 2. The third kappa shape index (κ3) is 1.93. The van der Waals surface area contributed by atoms with E-state index in [-0.39, 0.29) is 17.6 Å². The Labute approximate surface area is 73.3 Å². The van der Waals surface area contributed by atoms with Gasteiger partial charge in [-0.05, 0) is 19.8 Å². The minimum Gasteiger partial charge on any atom is -0.300 e. The quantitative estimate of drug-likeness (QED) is 0.631. The van der Waals surface area contributed by atoms with Gasteiger partial charge < -0.3 is 0 Å². The third-order valence-corrected chi connectivity index (χ3v) is 2.85. The van der Waals surface area contributed by atoms with Gasteiger partial charge in [0.05, 0.1) is 0 Å². The topological polar surface area (TPSA) is 34.1 Å². The average Bonchev–Trinajstić information content (AvgIpc) is 2.04.